The van der Waals surface area contributed by atoms with Gasteiger partial charge in [-0.3, -0.25) is 14.5 Å². The van der Waals surface area contributed by atoms with Crippen LogP contribution in [0.2, 0.25) is 0 Å². The number of carbonyl (C=O) groups excluding carboxylic acids is 2. The summed E-state index contributed by atoms with van der Waals surface area (Å²) in [4.78, 5) is 29.0. The zero-order valence-electron chi connectivity index (χ0n) is 15.9. The van der Waals surface area contributed by atoms with Gasteiger partial charge in [-0.25, -0.2) is 4.39 Å². The fraction of sp³-hybridized carbons (Fsp3) is 0.364. The Balaban J connectivity index is 1.51. The van der Waals surface area contributed by atoms with E-state index >= 15 is 0 Å². The number of ketones is 1. The Hall–Kier alpha value is -2.53. The summed E-state index contributed by atoms with van der Waals surface area (Å²) in [6.07, 6.45) is 0.279. The topological polar surface area (TPSA) is 40.6 Å². The Kier molecular flexibility index (Phi) is 6.01. The lowest BCUT2D eigenvalue weighted by atomic mass is 10.0. The second-order valence-corrected chi connectivity index (χ2v) is 7.20. The molecule has 0 saturated carbocycles. The molecule has 1 aliphatic heterocycles. The maximum atomic E-state index is 13.0. The van der Waals surface area contributed by atoms with Crippen LogP contribution in [0.3, 0.4) is 0 Å². The van der Waals surface area contributed by atoms with Gasteiger partial charge in [0.15, 0.2) is 5.78 Å². The predicted octanol–water partition coefficient (Wildman–Crippen LogP) is 3.01. The molecule has 2 aromatic rings. The van der Waals surface area contributed by atoms with Crippen LogP contribution in [0.1, 0.15) is 27.0 Å². The van der Waals surface area contributed by atoms with E-state index in [2.05, 4.69) is 4.90 Å². The Labute approximate surface area is 159 Å². The van der Waals surface area contributed by atoms with Gasteiger partial charge in [-0.1, -0.05) is 29.8 Å². The molecule has 1 fully saturated rings. The van der Waals surface area contributed by atoms with E-state index in [1.165, 1.54) is 12.1 Å². The number of hydrogen-bond acceptors (Lipinski definition) is 3. The van der Waals surface area contributed by atoms with Crippen LogP contribution in [0.25, 0.3) is 0 Å². The number of aryl methyl sites for hydroxylation is 2. The third kappa shape index (κ3) is 5.01. The summed E-state index contributed by atoms with van der Waals surface area (Å²) in [5.74, 6) is -0.127. The molecule has 0 N–H and O–H groups in total. The molecule has 1 amide bonds. The molecule has 27 heavy (non-hydrogen) atoms. The highest BCUT2D eigenvalue weighted by atomic mass is 19.1. The summed E-state index contributed by atoms with van der Waals surface area (Å²) in [5.41, 5.74) is 3.68. The molecule has 3 rings (SSSR count). The summed E-state index contributed by atoms with van der Waals surface area (Å²) >= 11 is 0. The second kappa shape index (κ2) is 8.44. The number of rotatable bonds is 5. The molecule has 0 atom stereocenters. The number of halogens is 1. The van der Waals surface area contributed by atoms with Gasteiger partial charge in [0.2, 0.25) is 5.91 Å². The van der Waals surface area contributed by atoms with Crippen molar-refractivity contribution in [3.05, 3.63) is 70.5 Å². The lowest BCUT2D eigenvalue weighted by molar-refractivity contribution is -0.132. The third-order valence-electron chi connectivity index (χ3n) is 5.05. The van der Waals surface area contributed by atoms with Crippen LogP contribution >= 0.6 is 0 Å². The van der Waals surface area contributed by atoms with Crippen LogP contribution in [-0.4, -0.2) is 54.2 Å². The summed E-state index contributed by atoms with van der Waals surface area (Å²) in [6.45, 7) is 6.92. The first-order chi connectivity index (χ1) is 12.9. The van der Waals surface area contributed by atoms with E-state index in [-0.39, 0.29) is 23.9 Å². The fourth-order valence-corrected chi connectivity index (χ4v) is 3.37. The number of nitrogens with zero attached hydrogens (tertiary/aromatic N) is 2. The zero-order chi connectivity index (χ0) is 19.4. The molecule has 0 aliphatic carbocycles. The van der Waals surface area contributed by atoms with Crippen molar-refractivity contribution in [3.63, 3.8) is 0 Å². The normalized spacial score (nSPS) is 15.0. The summed E-state index contributed by atoms with van der Waals surface area (Å²) in [6, 6.07) is 12.0. The first-order valence-corrected chi connectivity index (χ1v) is 9.27. The highest BCUT2D eigenvalue weighted by Crippen LogP contribution is 2.13. The molecule has 4 nitrogen and oxygen atoms in total. The fourth-order valence-electron chi connectivity index (χ4n) is 3.37. The molecular formula is C22H25FN2O2. The summed E-state index contributed by atoms with van der Waals surface area (Å²) in [5, 5.41) is 0. The number of carbonyl (C=O) groups is 2. The highest BCUT2D eigenvalue weighted by molar-refractivity contribution is 5.99. The molecule has 0 radical (unpaired) electrons. The molecule has 0 spiro atoms. The smallest absolute Gasteiger partial charge is 0.227 e. The van der Waals surface area contributed by atoms with Crippen LogP contribution < -0.4 is 0 Å². The van der Waals surface area contributed by atoms with Crippen LogP contribution in [0.4, 0.5) is 4.39 Å². The monoisotopic (exact) mass is 368 g/mol. The Morgan fingerprint density at radius 3 is 2.30 bits per heavy atom. The largest absolute Gasteiger partial charge is 0.340 e. The van der Waals surface area contributed by atoms with Crippen molar-refractivity contribution in [3.8, 4) is 0 Å². The van der Waals surface area contributed by atoms with E-state index in [0.717, 1.165) is 22.3 Å². The molecule has 0 unspecified atom stereocenters. The third-order valence-corrected chi connectivity index (χ3v) is 5.05. The molecule has 1 aliphatic rings. The molecule has 2 aromatic carbocycles. The second-order valence-electron chi connectivity index (χ2n) is 7.20. The molecule has 5 heteroatoms. The summed E-state index contributed by atoms with van der Waals surface area (Å²) in [7, 11) is 0. The van der Waals surface area contributed by atoms with E-state index < -0.39 is 0 Å². The van der Waals surface area contributed by atoms with Crippen molar-refractivity contribution >= 4 is 11.7 Å². The van der Waals surface area contributed by atoms with Crippen molar-refractivity contribution in [1.29, 1.82) is 0 Å². The van der Waals surface area contributed by atoms with Gasteiger partial charge in [-0.05, 0) is 43.2 Å². The number of Topliss-reactive ketones (excluding diaryl/α,β-unsaturated/α-hetero) is 1. The van der Waals surface area contributed by atoms with E-state index in [1.807, 2.05) is 36.9 Å². The van der Waals surface area contributed by atoms with Gasteiger partial charge in [0.1, 0.15) is 5.82 Å². The average molecular weight is 368 g/mol. The quantitative estimate of drug-likeness (QED) is 0.762. The standard InChI is InChI=1S/C22H25FN2O2/c1-16-3-4-17(2)20(13-16)21(26)15-24-9-11-25(12-10-24)22(27)14-18-5-7-19(23)8-6-18/h3-8,13H,9-12,14-15H2,1-2H3. The van der Waals surface area contributed by atoms with Crippen LogP contribution in [0.5, 0.6) is 0 Å². The number of hydrogen-bond donors (Lipinski definition) is 0. The number of amides is 1. The SMILES string of the molecule is Cc1ccc(C)c(C(=O)CN2CCN(C(=O)Cc3ccc(F)cc3)CC2)c1. The van der Waals surface area contributed by atoms with Gasteiger partial charge in [0.05, 0.1) is 13.0 Å². The van der Waals surface area contributed by atoms with E-state index in [0.29, 0.717) is 32.7 Å². The molecule has 1 saturated heterocycles. The Morgan fingerprint density at radius 1 is 0.963 bits per heavy atom. The van der Waals surface area contributed by atoms with Crippen LogP contribution in [0, 0.1) is 19.7 Å². The van der Waals surface area contributed by atoms with Crippen LogP contribution in [-0.2, 0) is 11.2 Å². The van der Waals surface area contributed by atoms with Crippen molar-refractivity contribution in [2.45, 2.75) is 20.3 Å². The van der Waals surface area contributed by atoms with E-state index in [4.69, 9.17) is 0 Å². The minimum absolute atomic E-state index is 0.0436. The number of piperazine rings is 1. The van der Waals surface area contributed by atoms with Gasteiger partial charge < -0.3 is 4.90 Å². The summed E-state index contributed by atoms with van der Waals surface area (Å²) < 4.78 is 13.0. The minimum atomic E-state index is -0.298. The van der Waals surface area contributed by atoms with Gasteiger partial charge in [0.25, 0.3) is 0 Å². The van der Waals surface area contributed by atoms with Gasteiger partial charge in [-0.2, -0.15) is 0 Å². The van der Waals surface area contributed by atoms with Crippen molar-refractivity contribution in [2.75, 3.05) is 32.7 Å². The molecule has 0 aromatic heterocycles. The lowest BCUT2D eigenvalue weighted by Crippen LogP contribution is -2.50. The van der Waals surface area contributed by atoms with Crippen molar-refractivity contribution < 1.29 is 14.0 Å². The van der Waals surface area contributed by atoms with E-state index in [9.17, 15) is 14.0 Å². The molecular weight excluding hydrogens is 343 g/mol. The molecule has 1 heterocycles. The van der Waals surface area contributed by atoms with Crippen molar-refractivity contribution in [1.82, 2.24) is 9.80 Å². The average Bonchev–Trinajstić information content (AvgIpc) is 2.66. The van der Waals surface area contributed by atoms with Crippen LogP contribution in [0.15, 0.2) is 42.5 Å². The highest BCUT2D eigenvalue weighted by Gasteiger charge is 2.23. The number of benzene rings is 2. The van der Waals surface area contributed by atoms with Gasteiger partial charge >= 0.3 is 0 Å². The Morgan fingerprint density at radius 2 is 1.63 bits per heavy atom. The molecule has 0 bridgehead atoms. The maximum Gasteiger partial charge on any atom is 0.227 e. The Bertz CT molecular complexity index is 825. The van der Waals surface area contributed by atoms with E-state index in [1.54, 1.807) is 12.1 Å². The minimum Gasteiger partial charge on any atom is -0.340 e. The van der Waals surface area contributed by atoms with Gasteiger partial charge in [-0.15, -0.1) is 0 Å². The maximum absolute atomic E-state index is 13.0. The first-order valence-electron chi connectivity index (χ1n) is 9.27. The predicted molar refractivity (Wildman–Crippen MR) is 103 cm³/mol. The van der Waals surface area contributed by atoms with Crippen molar-refractivity contribution in [2.24, 2.45) is 0 Å². The van der Waals surface area contributed by atoms with Gasteiger partial charge in [0, 0.05) is 31.7 Å². The first kappa shape index (κ1) is 19.2. The lowest BCUT2D eigenvalue weighted by Gasteiger charge is -2.34. The zero-order valence-corrected chi connectivity index (χ0v) is 15.9. The molecule has 142 valence electrons.